The first-order valence-corrected chi connectivity index (χ1v) is 6.38. The zero-order chi connectivity index (χ0) is 13.0. The Bertz CT molecular complexity index is 520. The van der Waals surface area contributed by atoms with E-state index < -0.39 is 0 Å². The van der Waals surface area contributed by atoms with E-state index in [-0.39, 0.29) is 0 Å². The van der Waals surface area contributed by atoms with E-state index in [0.29, 0.717) is 12.5 Å². The van der Waals surface area contributed by atoms with E-state index in [4.69, 9.17) is 5.73 Å². The molecular formula is C16H20N2. The molecule has 2 rings (SSSR count). The van der Waals surface area contributed by atoms with Crippen LogP contribution in [0.25, 0.3) is 0 Å². The monoisotopic (exact) mass is 240 g/mol. The fraction of sp³-hybridized carbons (Fsp3) is 0.312. The Morgan fingerprint density at radius 2 is 1.78 bits per heavy atom. The highest BCUT2D eigenvalue weighted by Crippen LogP contribution is 2.22. The number of aryl methyl sites for hydroxylation is 2. The van der Waals surface area contributed by atoms with Gasteiger partial charge in [-0.1, -0.05) is 30.3 Å². The topological polar surface area (TPSA) is 38.9 Å². The summed E-state index contributed by atoms with van der Waals surface area (Å²) in [6.45, 7) is 4.88. The molecule has 0 bridgehead atoms. The molecule has 0 radical (unpaired) electrons. The van der Waals surface area contributed by atoms with Crippen LogP contribution in [0, 0.1) is 13.8 Å². The van der Waals surface area contributed by atoms with Gasteiger partial charge < -0.3 is 5.73 Å². The summed E-state index contributed by atoms with van der Waals surface area (Å²) >= 11 is 0. The van der Waals surface area contributed by atoms with Gasteiger partial charge in [0.25, 0.3) is 0 Å². The Kier molecular flexibility index (Phi) is 4.11. The lowest BCUT2D eigenvalue weighted by Crippen LogP contribution is -2.17. The number of pyridine rings is 1. The summed E-state index contributed by atoms with van der Waals surface area (Å²) in [5.41, 5.74) is 11.0. The van der Waals surface area contributed by atoms with Gasteiger partial charge in [-0.3, -0.25) is 4.98 Å². The molecule has 0 spiro atoms. The van der Waals surface area contributed by atoms with E-state index in [1.165, 1.54) is 16.7 Å². The molecule has 1 heterocycles. The molecule has 0 aliphatic rings. The van der Waals surface area contributed by atoms with Gasteiger partial charge in [-0.05, 0) is 43.0 Å². The number of nitrogens with two attached hydrogens (primary N) is 1. The van der Waals surface area contributed by atoms with Crippen LogP contribution in [0.4, 0.5) is 0 Å². The predicted octanol–water partition coefficient (Wildman–Crippen LogP) is 2.98. The number of benzene rings is 1. The number of hydrogen-bond donors (Lipinski definition) is 1. The van der Waals surface area contributed by atoms with Crippen molar-refractivity contribution < 1.29 is 0 Å². The third kappa shape index (κ3) is 2.77. The number of rotatable bonds is 4. The average Bonchev–Trinajstić information content (AvgIpc) is 2.39. The third-order valence-electron chi connectivity index (χ3n) is 3.45. The largest absolute Gasteiger partial charge is 0.330 e. The van der Waals surface area contributed by atoms with E-state index in [1.54, 1.807) is 0 Å². The van der Waals surface area contributed by atoms with Crippen LogP contribution < -0.4 is 5.73 Å². The van der Waals surface area contributed by atoms with Gasteiger partial charge in [0.1, 0.15) is 0 Å². The smallest absolute Gasteiger partial charge is 0.0479 e. The molecule has 2 nitrogen and oxygen atoms in total. The second-order valence-corrected chi connectivity index (χ2v) is 4.77. The highest BCUT2D eigenvalue weighted by atomic mass is 14.7. The number of hydrogen-bond acceptors (Lipinski definition) is 2. The Hall–Kier alpha value is -1.67. The summed E-state index contributed by atoms with van der Waals surface area (Å²) in [6, 6.07) is 12.6. The van der Waals surface area contributed by atoms with Crippen LogP contribution in [0.3, 0.4) is 0 Å². The molecule has 2 aromatic rings. The predicted molar refractivity (Wildman–Crippen MR) is 75.7 cm³/mol. The van der Waals surface area contributed by atoms with Gasteiger partial charge in [0.2, 0.25) is 0 Å². The zero-order valence-electron chi connectivity index (χ0n) is 11.1. The molecule has 0 aliphatic carbocycles. The Balaban J connectivity index is 2.26. The molecule has 1 aromatic heterocycles. The lowest BCUT2D eigenvalue weighted by atomic mass is 9.91. The molecule has 0 aliphatic heterocycles. The SMILES string of the molecule is Cc1ccccc1C[C@@H](CN)c1ncccc1C. The number of aromatic nitrogens is 1. The van der Waals surface area contributed by atoms with E-state index in [2.05, 4.69) is 49.2 Å². The first kappa shape index (κ1) is 12.8. The molecule has 0 fully saturated rings. The van der Waals surface area contributed by atoms with Crippen LogP contribution >= 0.6 is 0 Å². The lowest BCUT2D eigenvalue weighted by Gasteiger charge is -2.17. The van der Waals surface area contributed by atoms with E-state index >= 15 is 0 Å². The van der Waals surface area contributed by atoms with Crippen LogP contribution in [0.15, 0.2) is 42.6 Å². The second kappa shape index (κ2) is 5.78. The van der Waals surface area contributed by atoms with Crippen molar-refractivity contribution in [1.29, 1.82) is 0 Å². The standard InChI is InChI=1S/C16H20N2/c1-12-6-3-4-8-14(12)10-15(11-17)16-13(2)7-5-9-18-16/h3-9,15H,10-11,17H2,1-2H3/t15-/m0/s1. The molecule has 0 saturated heterocycles. The van der Waals surface area contributed by atoms with Gasteiger partial charge in [0, 0.05) is 24.4 Å². The molecule has 1 atom stereocenters. The minimum Gasteiger partial charge on any atom is -0.330 e. The molecule has 1 aromatic carbocycles. The molecule has 94 valence electrons. The molecule has 18 heavy (non-hydrogen) atoms. The molecule has 0 amide bonds. The summed E-state index contributed by atoms with van der Waals surface area (Å²) < 4.78 is 0. The van der Waals surface area contributed by atoms with Gasteiger partial charge >= 0.3 is 0 Å². The highest BCUT2D eigenvalue weighted by molar-refractivity contribution is 5.30. The first-order chi connectivity index (χ1) is 8.72. The van der Waals surface area contributed by atoms with Gasteiger partial charge in [0.15, 0.2) is 0 Å². The van der Waals surface area contributed by atoms with Crippen LogP contribution in [-0.4, -0.2) is 11.5 Å². The van der Waals surface area contributed by atoms with Crippen molar-refractivity contribution in [2.24, 2.45) is 5.73 Å². The van der Waals surface area contributed by atoms with E-state index in [1.807, 2.05) is 12.3 Å². The lowest BCUT2D eigenvalue weighted by molar-refractivity contribution is 0.665. The van der Waals surface area contributed by atoms with Crippen LogP contribution in [-0.2, 0) is 6.42 Å². The summed E-state index contributed by atoms with van der Waals surface area (Å²) in [7, 11) is 0. The van der Waals surface area contributed by atoms with Crippen LogP contribution in [0.1, 0.15) is 28.3 Å². The van der Waals surface area contributed by atoms with Crippen LogP contribution in [0.2, 0.25) is 0 Å². The van der Waals surface area contributed by atoms with Crippen LogP contribution in [0.5, 0.6) is 0 Å². The maximum absolute atomic E-state index is 5.93. The average molecular weight is 240 g/mol. The summed E-state index contributed by atoms with van der Waals surface area (Å²) in [6.07, 6.45) is 2.81. The number of nitrogens with zero attached hydrogens (tertiary/aromatic N) is 1. The van der Waals surface area contributed by atoms with Crippen molar-refractivity contribution in [3.8, 4) is 0 Å². The van der Waals surface area contributed by atoms with Crippen molar-refractivity contribution >= 4 is 0 Å². The Labute approximate surface area is 109 Å². The fourth-order valence-corrected chi connectivity index (χ4v) is 2.32. The van der Waals surface area contributed by atoms with E-state index in [0.717, 1.165) is 12.1 Å². The van der Waals surface area contributed by atoms with Gasteiger partial charge in [0.05, 0.1) is 0 Å². The minimum atomic E-state index is 0.298. The third-order valence-corrected chi connectivity index (χ3v) is 3.45. The fourth-order valence-electron chi connectivity index (χ4n) is 2.32. The Morgan fingerprint density at radius 3 is 2.44 bits per heavy atom. The Morgan fingerprint density at radius 1 is 1.06 bits per heavy atom. The normalized spacial score (nSPS) is 12.4. The summed E-state index contributed by atoms with van der Waals surface area (Å²) in [5, 5.41) is 0. The molecule has 0 unspecified atom stereocenters. The summed E-state index contributed by atoms with van der Waals surface area (Å²) in [5.74, 6) is 0.298. The molecule has 0 saturated carbocycles. The maximum atomic E-state index is 5.93. The van der Waals surface area contributed by atoms with Crippen molar-refractivity contribution in [2.75, 3.05) is 6.54 Å². The maximum Gasteiger partial charge on any atom is 0.0479 e. The summed E-state index contributed by atoms with van der Waals surface area (Å²) in [4.78, 5) is 4.50. The molecule has 2 N–H and O–H groups in total. The molecule has 2 heteroatoms. The zero-order valence-corrected chi connectivity index (χ0v) is 11.1. The first-order valence-electron chi connectivity index (χ1n) is 6.38. The molecular weight excluding hydrogens is 220 g/mol. The highest BCUT2D eigenvalue weighted by Gasteiger charge is 2.14. The van der Waals surface area contributed by atoms with Gasteiger partial charge in [-0.2, -0.15) is 0 Å². The van der Waals surface area contributed by atoms with Gasteiger partial charge in [-0.25, -0.2) is 0 Å². The second-order valence-electron chi connectivity index (χ2n) is 4.77. The van der Waals surface area contributed by atoms with Crippen molar-refractivity contribution in [3.05, 3.63) is 65.0 Å². The minimum absolute atomic E-state index is 0.298. The van der Waals surface area contributed by atoms with E-state index in [9.17, 15) is 0 Å². The van der Waals surface area contributed by atoms with Crippen molar-refractivity contribution in [3.63, 3.8) is 0 Å². The van der Waals surface area contributed by atoms with Crippen molar-refractivity contribution in [1.82, 2.24) is 4.98 Å². The van der Waals surface area contributed by atoms with Crippen molar-refractivity contribution in [2.45, 2.75) is 26.2 Å². The quantitative estimate of drug-likeness (QED) is 0.892. The van der Waals surface area contributed by atoms with Gasteiger partial charge in [-0.15, -0.1) is 0 Å².